The summed E-state index contributed by atoms with van der Waals surface area (Å²) in [6, 6.07) is 7.84. The molecule has 24 heavy (non-hydrogen) atoms. The zero-order valence-electron chi connectivity index (χ0n) is 13.5. The monoisotopic (exact) mass is 323 g/mol. The molecule has 3 aromatic rings. The van der Waals surface area contributed by atoms with E-state index in [4.69, 9.17) is 4.42 Å². The SMILES string of the molecule is Cc1ccc(CC(=O)NCc2nnc(-c3cnc(C)cn3)o2)cc1. The fourth-order valence-electron chi connectivity index (χ4n) is 2.06. The molecule has 122 valence electrons. The number of aromatic nitrogens is 4. The Hall–Kier alpha value is -3.09. The lowest BCUT2D eigenvalue weighted by Crippen LogP contribution is -2.24. The van der Waals surface area contributed by atoms with Crippen molar-refractivity contribution in [3.05, 3.63) is 59.4 Å². The number of carbonyl (C=O) groups excluding carboxylic acids is 1. The number of aryl methyl sites for hydroxylation is 2. The molecule has 2 aromatic heterocycles. The van der Waals surface area contributed by atoms with Crippen LogP contribution in [0.25, 0.3) is 11.6 Å². The van der Waals surface area contributed by atoms with Crippen LogP contribution in [0.15, 0.2) is 41.1 Å². The first-order valence-electron chi connectivity index (χ1n) is 7.54. The van der Waals surface area contributed by atoms with Crippen LogP contribution < -0.4 is 5.32 Å². The van der Waals surface area contributed by atoms with E-state index in [1.807, 2.05) is 38.1 Å². The lowest BCUT2D eigenvalue weighted by Gasteiger charge is -2.03. The van der Waals surface area contributed by atoms with Gasteiger partial charge >= 0.3 is 0 Å². The van der Waals surface area contributed by atoms with Gasteiger partial charge in [0.25, 0.3) is 5.89 Å². The molecule has 0 spiro atoms. The highest BCUT2D eigenvalue weighted by atomic mass is 16.4. The minimum absolute atomic E-state index is 0.103. The quantitative estimate of drug-likeness (QED) is 0.772. The number of rotatable bonds is 5. The van der Waals surface area contributed by atoms with Gasteiger partial charge in [0.2, 0.25) is 11.8 Å². The Morgan fingerprint density at radius 3 is 2.58 bits per heavy atom. The number of benzene rings is 1. The van der Waals surface area contributed by atoms with Gasteiger partial charge in [0.15, 0.2) is 0 Å². The molecular weight excluding hydrogens is 306 g/mol. The van der Waals surface area contributed by atoms with E-state index in [9.17, 15) is 4.79 Å². The maximum absolute atomic E-state index is 12.0. The van der Waals surface area contributed by atoms with Crippen molar-refractivity contribution >= 4 is 5.91 Å². The van der Waals surface area contributed by atoms with Crippen LogP contribution in [0.3, 0.4) is 0 Å². The molecule has 0 aliphatic heterocycles. The maximum atomic E-state index is 12.0. The second-order valence-electron chi connectivity index (χ2n) is 5.48. The topological polar surface area (TPSA) is 93.8 Å². The number of hydrogen-bond acceptors (Lipinski definition) is 6. The van der Waals surface area contributed by atoms with Gasteiger partial charge < -0.3 is 9.73 Å². The van der Waals surface area contributed by atoms with Crippen LogP contribution in [0.2, 0.25) is 0 Å². The largest absolute Gasteiger partial charge is 0.417 e. The van der Waals surface area contributed by atoms with Gasteiger partial charge in [0, 0.05) is 6.20 Å². The molecule has 0 fully saturated rings. The Labute approximate surface area is 139 Å². The van der Waals surface area contributed by atoms with E-state index < -0.39 is 0 Å². The number of carbonyl (C=O) groups is 1. The molecule has 0 saturated carbocycles. The van der Waals surface area contributed by atoms with Gasteiger partial charge in [-0.05, 0) is 19.4 Å². The smallest absolute Gasteiger partial charge is 0.267 e. The van der Waals surface area contributed by atoms with Crippen LogP contribution in [0, 0.1) is 13.8 Å². The molecule has 0 aliphatic rings. The van der Waals surface area contributed by atoms with E-state index >= 15 is 0 Å². The molecule has 1 N–H and O–H groups in total. The van der Waals surface area contributed by atoms with Crippen molar-refractivity contribution in [2.24, 2.45) is 0 Å². The van der Waals surface area contributed by atoms with Crippen LogP contribution in [0.5, 0.6) is 0 Å². The van der Waals surface area contributed by atoms with Crippen LogP contribution >= 0.6 is 0 Å². The van der Waals surface area contributed by atoms with E-state index in [1.54, 1.807) is 12.4 Å². The van der Waals surface area contributed by atoms with Gasteiger partial charge in [-0.2, -0.15) is 0 Å². The first kappa shape index (κ1) is 15.8. The Bertz CT molecular complexity index is 825. The van der Waals surface area contributed by atoms with E-state index in [0.29, 0.717) is 18.0 Å². The van der Waals surface area contributed by atoms with E-state index in [2.05, 4.69) is 25.5 Å². The first-order valence-corrected chi connectivity index (χ1v) is 7.54. The number of nitrogens with zero attached hydrogens (tertiary/aromatic N) is 4. The number of hydrogen-bond donors (Lipinski definition) is 1. The average Bonchev–Trinajstić information content (AvgIpc) is 3.05. The summed E-state index contributed by atoms with van der Waals surface area (Å²) in [6.45, 7) is 4.03. The highest BCUT2D eigenvalue weighted by molar-refractivity contribution is 5.78. The normalized spacial score (nSPS) is 10.6. The van der Waals surface area contributed by atoms with Gasteiger partial charge in [-0.3, -0.25) is 9.78 Å². The van der Waals surface area contributed by atoms with Gasteiger partial charge in [-0.1, -0.05) is 29.8 Å². The minimum Gasteiger partial charge on any atom is -0.417 e. The molecule has 2 heterocycles. The second kappa shape index (κ2) is 6.99. The summed E-state index contributed by atoms with van der Waals surface area (Å²) in [7, 11) is 0. The zero-order chi connectivity index (χ0) is 16.9. The molecule has 1 amide bonds. The van der Waals surface area contributed by atoms with Gasteiger partial charge in [-0.15, -0.1) is 10.2 Å². The Morgan fingerprint density at radius 2 is 1.88 bits per heavy atom. The molecular formula is C17H17N5O2. The molecule has 1 aromatic carbocycles. The van der Waals surface area contributed by atoms with Crippen LogP contribution in [-0.4, -0.2) is 26.1 Å². The van der Waals surface area contributed by atoms with Crippen molar-refractivity contribution in [1.82, 2.24) is 25.5 Å². The second-order valence-corrected chi connectivity index (χ2v) is 5.48. The molecule has 0 atom stereocenters. The first-order chi connectivity index (χ1) is 11.6. The van der Waals surface area contributed by atoms with Crippen LogP contribution in [0.4, 0.5) is 0 Å². The fraction of sp³-hybridized carbons (Fsp3) is 0.235. The van der Waals surface area contributed by atoms with Crippen LogP contribution in [-0.2, 0) is 17.8 Å². The molecule has 0 unspecified atom stereocenters. The predicted octanol–water partition coefficient (Wildman–Crippen LogP) is 2.00. The predicted molar refractivity (Wildman–Crippen MR) is 86.8 cm³/mol. The zero-order valence-corrected chi connectivity index (χ0v) is 13.5. The highest BCUT2D eigenvalue weighted by Gasteiger charge is 2.11. The summed E-state index contributed by atoms with van der Waals surface area (Å²) in [4.78, 5) is 20.3. The summed E-state index contributed by atoms with van der Waals surface area (Å²) >= 11 is 0. The summed E-state index contributed by atoms with van der Waals surface area (Å²) in [5.41, 5.74) is 3.43. The molecule has 3 rings (SSSR count). The van der Waals surface area contributed by atoms with Crippen molar-refractivity contribution in [3.63, 3.8) is 0 Å². The summed E-state index contributed by atoms with van der Waals surface area (Å²) in [5.74, 6) is 0.503. The Morgan fingerprint density at radius 1 is 1.08 bits per heavy atom. The lowest BCUT2D eigenvalue weighted by molar-refractivity contribution is -0.120. The van der Waals surface area contributed by atoms with E-state index in [-0.39, 0.29) is 18.3 Å². The molecule has 0 saturated heterocycles. The highest BCUT2D eigenvalue weighted by Crippen LogP contribution is 2.13. The average molecular weight is 323 g/mol. The number of nitrogens with one attached hydrogen (secondary N) is 1. The van der Waals surface area contributed by atoms with Crippen molar-refractivity contribution in [3.8, 4) is 11.6 Å². The van der Waals surface area contributed by atoms with Gasteiger partial charge in [0.1, 0.15) is 5.69 Å². The molecule has 0 bridgehead atoms. The van der Waals surface area contributed by atoms with Gasteiger partial charge in [0.05, 0.1) is 24.9 Å². The Balaban J connectivity index is 1.56. The van der Waals surface area contributed by atoms with Crippen molar-refractivity contribution < 1.29 is 9.21 Å². The van der Waals surface area contributed by atoms with Crippen molar-refractivity contribution in [2.75, 3.05) is 0 Å². The number of amides is 1. The minimum atomic E-state index is -0.103. The molecule has 7 heteroatoms. The summed E-state index contributed by atoms with van der Waals surface area (Å²) in [6.07, 6.45) is 3.51. The van der Waals surface area contributed by atoms with Crippen LogP contribution in [0.1, 0.15) is 22.7 Å². The summed E-state index contributed by atoms with van der Waals surface area (Å²) in [5, 5.41) is 10.6. The van der Waals surface area contributed by atoms with E-state index in [1.165, 1.54) is 0 Å². The van der Waals surface area contributed by atoms with Crippen molar-refractivity contribution in [1.29, 1.82) is 0 Å². The summed E-state index contributed by atoms with van der Waals surface area (Å²) < 4.78 is 5.49. The molecule has 0 aliphatic carbocycles. The Kier molecular flexibility index (Phi) is 4.60. The maximum Gasteiger partial charge on any atom is 0.267 e. The standard InChI is InChI=1S/C17H17N5O2/c1-11-3-5-13(6-4-11)7-15(23)20-10-16-21-22-17(24-16)14-9-18-12(2)8-19-14/h3-6,8-9H,7,10H2,1-2H3,(H,20,23). The third-order valence-electron chi connectivity index (χ3n) is 3.39. The fourth-order valence-corrected chi connectivity index (χ4v) is 2.06. The molecule has 7 nitrogen and oxygen atoms in total. The lowest BCUT2D eigenvalue weighted by atomic mass is 10.1. The van der Waals surface area contributed by atoms with E-state index in [0.717, 1.165) is 16.8 Å². The molecule has 0 radical (unpaired) electrons. The van der Waals surface area contributed by atoms with Gasteiger partial charge in [-0.25, -0.2) is 4.98 Å². The third-order valence-corrected chi connectivity index (χ3v) is 3.39. The third kappa shape index (κ3) is 4.01. The van der Waals surface area contributed by atoms with Crippen molar-refractivity contribution in [2.45, 2.75) is 26.8 Å².